The molecule has 0 aliphatic heterocycles. The van der Waals surface area contributed by atoms with Crippen LogP contribution in [0.2, 0.25) is 0 Å². The molecule has 0 unspecified atom stereocenters. The van der Waals surface area contributed by atoms with E-state index in [9.17, 15) is 9.59 Å². The molecule has 3 rings (SSSR count). The van der Waals surface area contributed by atoms with Gasteiger partial charge >= 0.3 is 5.97 Å². The lowest BCUT2D eigenvalue weighted by molar-refractivity contribution is 0.0526. The Balaban J connectivity index is 2.19. The average molecular weight is 344 g/mol. The predicted octanol–water partition coefficient (Wildman–Crippen LogP) is 4.34. The molecule has 0 aliphatic carbocycles. The van der Waals surface area contributed by atoms with E-state index in [0.717, 1.165) is 5.56 Å². The quantitative estimate of drug-likeness (QED) is 0.401. The second kappa shape index (κ2) is 8.00. The Labute approximate surface area is 151 Å². The lowest BCUT2D eigenvalue weighted by Gasteiger charge is -2.03. The van der Waals surface area contributed by atoms with Crippen molar-refractivity contribution in [3.05, 3.63) is 83.1 Å². The number of benzene rings is 2. The van der Waals surface area contributed by atoms with E-state index in [1.54, 1.807) is 19.1 Å². The van der Waals surface area contributed by atoms with Crippen molar-refractivity contribution in [1.29, 1.82) is 0 Å². The van der Waals surface area contributed by atoms with Gasteiger partial charge in [0.15, 0.2) is 17.8 Å². The summed E-state index contributed by atoms with van der Waals surface area (Å²) in [5, 5.41) is 0. The first kappa shape index (κ1) is 17.2. The first-order valence-electron chi connectivity index (χ1n) is 8.16. The normalized spacial score (nSPS) is 9.88. The summed E-state index contributed by atoms with van der Waals surface area (Å²) >= 11 is 0. The van der Waals surface area contributed by atoms with E-state index < -0.39 is 5.97 Å². The van der Waals surface area contributed by atoms with Gasteiger partial charge in [0, 0.05) is 11.1 Å². The number of ether oxygens (including phenoxy) is 1. The first-order chi connectivity index (χ1) is 12.7. The molecule has 0 bridgehead atoms. The molecule has 0 atom stereocenters. The number of furan rings is 1. The Morgan fingerprint density at radius 1 is 1.04 bits per heavy atom. The van der Waals surface area contributed by atoms with Crippen molar-refractivity contribution in [3.8, 4) is 23.2 Å². The fourth-order valence-corrected chi connectivity index (χ4v) is 2.50. The van der Waals surface area contributed by atoms with E-state index >= 15 is 0 Å². The van der Waals surface area contributed by atoms with Gasteiger partial charge in [-0.2, -0.15) is 0 Å². The van der Waals surface area contributed by atoms with Crippen molar-refractivity contribution < 1.29 is 18.7 Å². The van der Waals surface area contributed by atoms with Gasteiger partial charge in [0.1, 0.15) is 5.56 Å². The lowest BCUT2D eigenvalue weighted by atomic mass is 10.0. The molecule has 4 nitrogen and oxygen atoms in total. The third kappa shape index (κ3) is 3.57. The summed E-state index contributed by atoms with van der Waals surface area (Å²) in [4.78, 5) is 24.0. The Bertz CT molecular complexity index is 973. The van der Waals surface area contributed by atoms with Crippen molar-refractivity contribution in [2.24, 2.45) is 0 Å². The van der Waals surface area contributed by atoms with E-state index in [4.69, 9.17) is 9.15 Å². The van der Waals surface area contributed by atoms with Gasteiger partial charge in [-0.1, -0.05) is 60.4 Å². The van der Waals surface area contributed by atoms with E-state index in [0.29, 0.717) is 11.8 Å². The minimum atomic E-state index is -0.569. The second-order valence-corrected chi connectivity index (χ2v) is 5.37. The van der Waals surface area contributed by atoms with Crippen LogP contribution in [0.3, 0.4) is 0 Å². The highest BCUT2D eigenvalue weighted by Gasteiger charge is 2.26. The number of carbonyl (C=O) groups is 2. The number of esters is 1. The highest BCUT2D eigenvalue weighted by molar-refractivity contribution is 6.01. The largest absolute Gasteiger partial charge is 0.462 e. The number of hydrogen-bond acceptors (Lipinski definition) is 4. The number of aldehydes is 1. The highest BCUT2D eigenvalue weighted by Crippen LogP contribution is 2.31. The van der Waals surface area contributed by atoms with Crippen LogP contribution in [0.15, 0.2) is 65.1 Å². The van der Waals surface area contributed by atoms with Crippen LogP contribution in [0.25, 0.3) is 11.3 Å². The zero-order valence-corrected chi connectivity index (χ0v) is 14.2. The van der Waals surface area contributed by atoms with E-state index in [2.05, 4.69) is 11.8 Å². The Kier molecular flexibility index (Phi) is 5.31. The fraction of sp³-hybridized carbons (Fsp3) is 0.0909. The van der Waals surface area contributed by atoms with Crippen LogP contribution in [0.4, 0.5) is 0 Å². The lowest BCUT2D eigenvalue weighted by Crippen LogP contribution is -2.07. The van der Waals surface area contributed by atoms with Crippen molar-refractivity contribution in [2.45, 2.75) is 6.92 Å². The van der Waals surface area contributed by atoms with Gasteiger partial charge in [0.25, 0.3) is 0 Å². The number of rotatable bonds is 4. The molecule has 3 aromatic rings. The van der Waals surface area contributed by atoms with Gasteiger partial charge in [0.2, 0.25) is 0 Å². The minimum Gasteiger partial charge on any atom is -0.462 e. The monoisotopic (exact) mass is 344 g/mol. The van der Waals surface area contributed by atoms with Crippen molar-refractivity contribution in [1.82, 2.24) is 0 Å². The summed E-state index contributed by atoms with van der Waals surface area (Å²) in [6, 6.07) is 18.4. The standard InChI is InChI=1S/C22H16O4/c1-2-25-22(24)20-18(14-13-16-9-5-3-6-10-16)19(15-23)26-21(20)17-11-7-4-8-12-17/h3-12,15H,2H2,1H3. The molecule has 0 N–H and O–H groups in total. The molecule has 4 heteroatoms. The van der Waals surface area contributed by atoms with Gasteiger partial charge in [0.05, 0.1) is 12.2 Å². The maximum Gasteiger partial charge on any atom is 0.343 e. The topological polar surface area (TPSA) is 56.5 Å². The van der Waals surface area contributed by atoms with Crippen LogP contribution in [-0.2, 0) is 4.74 Å². The van der Waals surface area contributed by atoms with Crippen LogP contribution in [0, 0.1) is 11.8 Å². The highest BCUT2D eigenvalue weighted by atomic mass is 16.5. The van der Waals surface area contributed by atoms with E-state index in [1.807, 2.05) is 48.5 Å². The molecular formula is C22H16O4. The van der Waals surface area contributed by atoms with Crippen molar-refractivity contribution >= 4 is 12.3 Å². The van der Waals surface area contributed by atoms with Gasteiger partial charge in [-0.25, -0.2) is 4.79 Å². The third-order valence-corrected chi connectivity index (χ3v) is 3.66. The Hall–Kier alpha value is -3.58. The molecule has 1 heterocycles. The van der Waals surface area contributed by atoms with Crippen molar-refractivity contribution in [3.63, 3.8) is 0 Å². The minimum absolute atomic E-state index is 0.00957. The molecule has 0 radical (unpaired) electrons. The summed E-state index contributed by atoms with van der Waals surface area (Å²) in [7, 11) is 0. The molecule has 1 aromatic heterocycles. The maximum absolute atomic E-state index is 12.5. The maximum atomic E-state index is 12.5. The molecular weight excluding hydrogens is 328 g/mol. The molecule has 0 amide bonds. The summed E-state index contributed by atoms with van der Waals surface area (Å²) in [6.07, 6.45) is 0.560. The van der Waals surface area contributed by atoms with Gasteiger partial charge in [-0.15, -0.1) is 0 Å². The van der Waals surface area contributed by atoms with Crippen LogP contribution >= 0.6 is 0 Å². The summed E-state index contributed by atoms with van der Waals surface area (Å²) in [5.41, 5.74) is 1.85. The second-order valence-electron chi connectivity index (χ2n) is 5.37. The SMILES string of the molecule is CCOC(=O)c1c(-c2ccccc2)oc(C=O)c1C#Cc1ccccc1. The van der Waals surface area contributed by atoms with Gasteiger partial charge in [-0.05, 0) is 19.1 Å². The smallest absolute Gasteiger partial charge is 0.343 e. The van der Waals surface area contributed by atoms with Gasteiger partial charge < -0.3 is 9.15 Å². The molecule has 0 aliphatic rings. The Morgan fingerprint density at radius 2 is 1.69 bits per heavy atom. The summed E-state index contributed by atoms with van der Waals surface area (Å²) in [6.45, 7) is 1.93. The zero-order valence-electron chi connectivity index (χ0n) is 14.2. The molecule has 0 spiro atoms. The van der Waals surface area contributed by atoms with Crippen LogP contribution < -0.4 is 0 Å². The average Bonchev–Trinajstić information content (AvgIpc) is 3.07. The number of hydrogen-bond donors (Lipinski definition) is 0. The molecule has 128 valence electrons. The number of carbonyl (C=O) groups excluding carboxylic acids is 2. The van der Waals surface area contributed by atoms with Crippen LogP contribution in [0.5, 0.6) is 0 Å². The van der Waals surface area contributed by atoms with Crippen LogP contribution in [0.1, 0.15) is 39.0 Å². The zero-order chi connectivity index (χ0) is 18.4. The molecule has 2 aromatic carbocycles. The van der Waals surface area contributed by atoms with E-state index in [1.165, 1.54) is 0 Å². The first-order valence-corrected chi connectivity index (χ1v) is 8.16. The summed E-state index contributed by atoms with van der Waals surface area (Å²) in [5.74, 6) is 5.59. The van der Waals surface area contributed by atoms with Gasteiger partial charge in [-0.3, -0.25) is 4.79 Å². The Morgan fingerprint density at radius 3 is 2.31 bits per heavy atom. The molecule has 0 fully saturated rings. The van der Waals surface area contributed by atoms with Crippen molar-refractivity contribution in [2.75, 3.05) is 6.61 Å². The van der Waals surface area contributed by atoms with E-state index in [-0.39, 0.29) is 29.3 Å². The fourth-order valence-electron chi connectivity index (χ4n) is 2.50. The molecule has 0 saturated carbocycles. The predicted molar refractivity (Wildman–Crippen MR) is 97.9 cm³/mol. The molecule has 26 heavy (non-hydrogen) atoms. The van der Waals surface area contributed by atoms with Crippen LogP contribution in [-0.4, -0.2) is 18.9 Å². The summed E-state index contributed by atoms with van der Waals surface area (Å²) < 4.78 is 10.8. The third-order valence-electron chi connectivity index (χ3n) is 3.66. The molecule has 0 saturated heterocycles.